The van der Waals surface area contributed by atoms with Gasteiger partial charge in [0.15, 0.2) is 5.82 Å². The molecule has 7 nitrogen and oxygen atoms in total. The number of fused-ring (bicyclic) bond motifs is 1. The van der Waals surface area contributed by atoms with E-state index in [-0.39, 0.29) is 17.9 Å². The number of hydrogen-bond donors (Lipinski definition) is 2. The average Bonchev–Trinajstić information content (AvgIpc) is 3.40. The number of imidazole rings is 1. The molecule has 4 rings (SSSR count). The zero-order valence-corrected chi connectivity index (χ0v) is 16.9. The number of anilines is 1. The van der Waals surface area contributed by atoms with Crippen molar-refractivity contribution in [2.75, 3.05) is 18.5 Å². The first kappa shape index (κ1) is 19.6. The SMILES string of the molecule is CCc1ccccc1NC(=O)c1nc(C(=O)NCC2CCCO2)c2n1CCCC2. The molecular formula is C22H28N4O3. The Kier molecular flexibility index (Phi) is 5.94. The van der Waals surface area contributed by atoms with E-state index in [0.717, 1.165) is 62.1 Å². The average molecular weight is 396 g/mol. The quantitative estimate of drug-likeness (QED) is 0.786. The smallest absolute Gasteiger partial charge is 0.291 e. The summed E-state index contributed by atoms with van der Waals surface area (Å²) < 4.78 is 7.49. The van der Waals surface area contributed by atoms with Gasteiger partial charge in [-0.3, -0.25) is 9.59 Å². The minimum Gasteiger partial charge on any atom is -0.376 e. The summed E-state index contributed by atoms with van der Waals surface area (Å²) in [6, 6.07) is 7.76. The molecule has 1 saturated heterocycles. The molecule has 2 aliphatic rings. The standard InChI is InChI=1S/C22H28N4O3/c1-2-15-8-3-4-10-17(15)24-22(28)20-25-19(18-11-5-6-12-26(18)20)21(27)23-14-16-9-7-13-29-16/h3-4,8,10,16H,2,5-7,9,11-14H2,1H3,(H,23,27)(H,24,28). The molecule has 0 saturated carbocycles. The summed E-state index contributed by atoms with van der Waals surface area (Å²) in [7, 11) is 0. The molecule has 2 N–H and O–H groups in total. The maximum atomic E-state index is 13.0. The molecule has 1 aromatic heterocycles. The Balaban J connectivity index is 1.55. The predicted molar refractivity (Wildman–Crippen MR) is 110 cm³/mol. The van der Waals surface area contributed by atoms with E-state index >= 15 is 0 Å². The fourth-order valence-electron chi connectivity index (χ4n) is 4.12. The van der Waals surface area contributed by atoms with Crippen LogP contribution in [0.5, 0.6) is 0 Å². The number of hydrogen-bond acceptors (Lipinski definition) is 4. The first-order valence-corrected chi connectivity index (χ1v) is 10.6. The van der Waals surface area contributed by atoms with Gasteiger partial charge in [0, 0.05) is 25.4 Å². The van der Waals surface area contributed by atoms with Crippen molar-refractivity contribution in [1.29, 1.82) is 0 Å². The highest BCUT2D eigenvalue weighted by Gasteiger charge is 2.28. The van der Waals surface area contributed by atoms with Crippen molar-refractivity contribution in [2.24, 2.45) is 0 Å². The number of nitrogens with zero attached hydrogens (tertiary/aromatic N) is 2. The number of aryl methyl sites for hydroxylation is 1. The second kappa shape index (κ2) is 8.78. The minimum atomic E-state index is -0.271. The van der Waals surface area contributed by atoms with E-state index in [0.29, 0.717) is 24.6 Å². The van der Waals surface area contributed by atoms with Crippen LogP contribution in [0, 0.1) is 0 Å². The van der Waals surface area contributed by atoms with Crippen LogP contribution in [0.25, 0.3) is 0 Å². The van der Waals surface area contributed by atoms with Crippen LogP contribution in [0.4, 0.5) is 5.69 Å². The molecular weight excluding hydrogens is 368 g/mol. The van der Waals surface area contributed by atoms with Gasteiger partial charge in [-0.1, -0.05) is 25.1 Å². The first-order chi connectivity index (χ1) is 14.2. The largest absolute Gasteiger partial charge is 0.376 e. The number of aromatic nitrogens is 2. The Hall–Kier alpha value is -2.67. The highest BCUT2D eigenvalue weighted by molar-refractivity contribution is 6.04. The molecule has 0 bridgehead atoms. The number of carbonyl (C=O) groups is 2. The van der Waals surface area contributed by atoms with Crippen molar-refractivity contribution in [3.8, 4) is 0 Å². The normalized spacial score (nSPS) is 18.3. The predicted octanol–water partition coefficient (Wildman–Crippen LogP) is 2.94. The molecule has 0 spiro atoms. The summed E-state index contributed by atoms with van der Waals surface area (Å²) in [6.07, 6.45) is 5.63. The van der Waals surface area contributed by atoms with E-state index in [9.17, 15) is 9.59 Å². The van der Waals surface area contributed by atoms with Gasteiger partial charge in [0.2, 0.25) is 0 Å². The molecule has 1 aromatic carbocycles. The number of para-hydroxylation sites is 1. The Bertz CT molecular complexity index is 899. The topological polar surface area (TPSA) is 85.2 Å². The van der Waals surface area contributed by atoms with Gasteiger partial charge in [0.1, 0.15) is 5.69 Å². The van der Waals surface area contributed by atoms with Crippen molar-refractivity contribution in [2.45, 2.75) is 58.1 Å². The lowest BCUT2D eigenvalue weighted by molar-refractivity contribution is 0.0853. The number of amides is 2. The zero-order chi connectivity index (χ0) is 20.2. The van der Waals surface area contributed by atoms with Gasteiger partial charge in [0.25, 0.3) is 11.8 Å². The number of ether oxygens (including phenoxy) is 1. The number of benzene rings is 1. The van der Waals surface area contributed by atoms with Gasteiger partial charge >= 0.3 is 0 Å². The summed E-state index contributed by atoms with van der Waals surface area (Å²) in [5.74, 6) is -0.181. The Morgan fingerprint density at radius 2 is 2.07 bits per heavy atom. The van der Waals surface area contributed by atoms with Gasteiger partial charge in [-0.25, -0.2) is 4.98 Å². The third-order valence-corrected chi connectivity index (χ3v) is 5.70. The van der Waals surface area contributed by atoms with Crippen molar-refractivity contribution in [3.05, 3.63) is 47.0 Å². The maximum absolute atomic E-state index is 13.0. The fourth-order valence-corrected chi connectivity index (χ4v) is 4.12. The number of rotatable bonds is 6. The third kappa shape index (κ3) is 4.19. The lowest BCUT2D eigenvalue weighted by Gasteiger charge is -2.17. The summed E-state index contributed by atoms with van der Waals surface area (Å²) in [5, 5.41) is 5.92. The zero-order valence-electron chi connectivity index (χ0n) is 16.9. The Labute approximate surface area is 170 Å². The molecule has 2 aromatic rings. The van der Waals surface area contributed by atoms with E-state index in [1.54, 1.807) is 0 Å². The molecule has 1 fully saturated rings. The van der Waals surface area contributed by atoms with Gasteiger partial charge in [-0.2, -0.15) is 0 Å². The van der Waals surface area contributed by atoms with E-state index in [1.165, 1.54) is 0 Å². The summed E-state index contributed by atoms with van der Waals surface area (Å²) in [5.41, 5.74) is 3.09. The lowest BCUT2D eigenvalue weighted by atomic mass is 10.1. The highest BCUT2D eigenvalue weighted by atomic mass is 16.5. The molecule has 2 aliphatic heterocycles. The van der Waals surface area contributed by atoms with E-state index < -0.39 is 0 Å². The van der Waals surface area contributed by atoms with Gasteiger partial charge < -0.3 is 19.9 Å². The fraction of sp³-hybridized carbons (Fsp3) is 0.500. The molecule has 29 heavy (non-hydrogen) atoms. The van der Waals surface area contributed by atoms with Crippen LogP contribution < -0.4 is 10.6 Å². The second-order valence-corrected chi connectivity index (χ2v) is 7.65. The summed E-state index contributed by atoms with van der Waals surface area (Å²) >= 11 is 0. The van der Waals surface area contributed by atoms with Crippen LogP contribution in [0.15, 0.2) is 24.3 Å². The monoisotopic (exact) mass is 396 g/mol. The summed E-state index contributed by atoms with van der Waals surface area (Å²) in [4.78, 5) is 30.3. The van der Waals surface area contributed by atoms with Crippen molar-refractivity contribution >= 4 is 17.5 Å². The second-order valence-electron chi connectivity index (χ2n) is 7.65. The van der Waals surface area contributed by atoms with Crippen LogP contribution in [-0.2, 0) is 24.1 Å². The molecule has 3 heterocycles. The van der Waals surface area contributed by atoms with E-state index in [4.69, 9.17) is 4.74 Å². The van der Waals surface area contributed by atoms with Crippen molar-refractivity contribution in [3.63, 3.8) is 0 Å². The van der Waals surface area contributed by atoms with E-state index in [1.807, 2.05) is 28.8 Å². The molecule has 1 atom stereocenters. The van der Waals surface area contributed by atoms with Crippen LogP contribution in [0.2, 0.25) is 0 Å². The molecule has 0 radical (unpaired) electrons. The number of carbonyl (C=O) groups excluding carboxylic acids is 2. The lowest BCUT2D eigenvalue weighted by Crippen LogP contribution is -2.32. The van der Waals surface area contributed by atoms with Gasteiger partial charge in [-0.15, -0.1) is 0 Å². The molecule has 154 valence electrons. The Morgan fingerprint density at radius 3 is 2.86 bits per heavy atom. The number of nitrogens with one attached hydrogen (secondary N) is 2. The third-order valence-electron chi connectivity index (χ3n) is 5.70. The molecule has 1 unspecified atom stereocenters. The summed E-state index contributed by atoms with van der Waals surface area (Å²) in [6.45, 7) is 4.00. The van der Waals surface area contributed by atoms with E-state index in [2.05, 4.69) is 22.5 Å². The highest BCUT2D eigenvalue weighted by Crippen LogP contribution is 2.23. The molecule has 0 aliphatic carbocycles. The van der Waals surface area contributed by atoms with Crippen molar-refractivity contribution in [1.82, 2.24) is 14.9 Å². The van der Waals surface area contributed by atoms with Gasteiger partial charge in [0.05, 0.1) is 11.8 Å². The van der Waals surface area contributed by atoms with Crippen LogP contribution in [0.3, 0.4) is 0 Å². The Morgan fingerprint density at radius 1 is 1.21 bits per heavy atom. The molecule has 2 amide bonds. The maximum Gasteiger partial charge on any atom is 0.291 e. The van der Waals surface area contributed by atoms with Crippen LogP contribution in [0.1, 0.15) is 65.0 Å². The molecule has 7 heteroatoms. The van der Waals surface area contributed by atoms with Crippen LogP contribution >= 0.6 is 0 Å². The van der Waals surface area contributed by atoms with Crippen molar-refractivity contribution < 1.29 is 14.3 Å². The van der Waals surface area contributed by atoms with Crippen LogP contribution in [-0.4, -0.2) is 40.6 Å². The first-order valence-electron chi connectivity index (χ1n) is 10.6. The minimum absolute atomic E-state index is 0.0747. The van der Waals surface area contributed by atoms with Gasteiger partial charge in [-0.05, 0) is 50.2 Å².